The lowest BCUT2D eigenvalue weighted by atomic mass is 10.1. The number of nitrogens with zero attached hydrogens (tertiary/aromatic N) is 4. The van der Waals surface area contributed by atoms with E-state index in [0.717, 1.165) is 0 Å². The van der Waals surface area contributed by atoms with Gasteiger partial charge in [-0.2, -0.15) is 0 Å². The lowest BCUT2D eigenvalue weighted by molar-refractivity contribution is -0.148. The molecule has 0 aliphatic carbocycles. The van der Waals surface area contributed by atoms with Gasteiger partial charge in [-0.15, -0.1) is 0 Å². The largest absolute Gasteiger partial charge is 0.465 e. The minimum absolute atomic E-state index is 0.243. The van der Waals surface area contributed by atoms with Crippen LogP contribution in [-0.2, 0) is 19.1 Å². The first kappa shape index (κ1) is 21.0. The van der Waals surface area contributed by atoms with Gasteiger partial charge in [0.25, 0.3) is 5.91 Å². The maximum atomic E-state index is 12.3. The van der Waals surface area contributed by atoms with Gasteiger partial charge in [-0.25, -0.2) is 19.6 Å². The average molecular weight is 410 g/mol. The van der Waals surface area contributed by atoms with Gasteiger partial charge < -0.3 is 19.3 Å². The molecule has 0 unspecified atom stereocenters. The average Bonchev–Trinajstić information content (AvgIpc) is 2.81. The van der Waals surface area contributed by atoms with Crippen LogP contribution < -0.4 is 4.90 Å². The van der Waals surface area contributed by atoms with E-state index in [0.29, 0.717) is 43.3 Å². The van der Waals surface area contributed by atoms with Crippen LogP contribution in [0.3, 0.4) is 0 Å². The highest BCUT2D eigenvalue weighted by Gasteiger charge is 2.22. The molecule has 1 fully saturated rings. The van der Waals surface area contributed by atoms with Crippen molar-refractivity contribution in [2.24, 2.45) is 0 Å². The Labute approximate surface area is 173 Å². The smallest absolute Gasteiger partial charge is 0.337 e. The van der Waals surface area contributed by atoms with E-state index in [9.17, 15) is 14.4 Å². The second kappa shape index (κ2) is 10.1. The minimum atomic E-state index is -0.614. The molecule has 0 radical (unpaired) electrons. The molecule has 0 bridgehead atoms. The summed E-state index contributed by atoms with van der Waals surface area (Å²) in [6.07, 6.45) is 6.15. The molecule has 1 aliphatic heterocycles. The van der Waals surface area contributed by atoms with E-state index >= 15 is 0 Å². The summed E-state index contributed by atoms with van der Waals surface area (Å²) >= 11 is 0. The van der Waals surface area contributed by atoms with Crippen LogP contribution in [-0.4, -0.2) is 72.6 Å². The van der Waals surface area contributed by atoms with Gasteiger partial charge in [0.2, 0.25) is 5.95 Å². The number of benzene rings is 1. The summed E-state index contributed by atoms with van der Waals surface area (Å²) < 4.78 is 9.67. The van der Waals surface area contributed by atoms with Crippen LogP contribution in [0.15, 0.2) is 48.8 Å². The van der Waals surface area contributed by atoms with Crippen molar-refractivity contribution < 1.29 is 23.9 Å². The Morgan fingerprint density at radius 2 is 1.70 bits per heavy atom. The van der Waals surface area contributed by atoms with E-state index in [4.69, 9.17) is 4.74 Å². The molecule has 1 amide bonds. The van der Waals surface area contributed by atoms with Gasteiger partial charge in [0.15, 0.2) is 6.61 Å². The Morgan fingerprint density at radius 3 is 2.33 bits per heavy atom. The zero-order valence-electron chi connectivity index (χ0n) is 16.6. The minimum Gasteiger partial charge on any atom is -0.465 e. The summed E-state index contributed by atoms with van der Waals surface area (Å²) in [7, 11) is 1.31. The van der Waals surface area contributed by atoms with Gasteiger partial charge in [-0.05, 0) is 29.8 Å². The van der Waals surface area contributed by atoms with Gasteiger partial charge in [0.1, 0.15) is 0 Å². The van der Waals surface area contributed by atoms with Crippen molar-refractivity contribution in [2.45, 2.75) is 0 Å². The molecule has 9 heteroatoms. The van der Waals surface area contributed by atoms with Gasteiger partial charge >= 0.3 is 11.9 Å². The number of carbonyl (C=O) groups is 3. The second-order valence-corrected chi connectivity index (χ2v) is 6.47. The molecule has 1 aromatic heterocycles. The van der Waals surface area contributed by atoms with Crippen LogP contribution in [0.4, 0.5) is 5.95 Å². The van der Waals surface area contributed by atoms with E-state index in [-0.39, 0.29) is 12.5 Å². The van der Waals surface area contributed by atoms with Crippen LogP contribution >= 0.6 is 0 Å². The molecule has 9 nitrogen and oxygen atoms in total. The zero-order valence-corrected chi connectivity index (χ0v) is 16.6. The highest BCUT2D eigenvalue weighted by Crippen LogP contribution is 2.10. The van der Waals surface area contributed by atoms with E-state index in [1.807, 2.05) is 4.90 Å². The highest BCUT2D eigenvalue weighted by molar-refractivity contribution is 5.91. The summed E-state index contributed by atoms with van der Waals surface area (Å²) in [5.41, 5.74) is 1.13. The number of esters is 2. The van der Waals surface area contributed by atoms with Gasteiger partial charge in [-0.1, -0.05) is 12.1 Å². The molecular formula is C21H22N4O5. The lowest BCUT2D eigenvalue weighted by Gasteiger charge is -2.34. The van der Waals surface area contributed by atoms with Crippen LogP contribution in [0.5, 0.6) is 0 Å². The van der Waals surface area contributed by atoms with Crippen LogP contribution in [0.2, 0.25) is 0 Å². The summed E-state index contributed by atoms with van der Waals surface area (Å²) in [6.45, 7) is 1.94. The fraction of sp³-hybridized carbons (Fsp3) is 0.286. The summed E-state index contributed by atoms with van der Waals surface area (Å²) in [4.78, 5) is 47.6. The first-order chi connectivity index (χ1) is 14.6. The van der Waals surface area contributed by atoms with E-state index in [2.05, 4.69) is 14.7 Å². The molecular weight excluding hydrogens is 388 g/mol. The number of anilines is 1. The Bertz CT molecular complexity index is 907. The molecule has 1 saturated heterocycles. The molecule has 2 heterocycles. The Kier molecular flexibility index (Phi) is 7.09. The topological polar surface area (TPSA) is 102 Å². The van der Waals surface area contributed by atoms with Gasteiger partial charge in [-0.3, -0.25) is 4.79 Å². The fourth-order valence-corrected chi connectivity index (χ4v) is 2.90. The summed E-state index contributed by atoms with van der Waals surface area (Å²) in [6, 6.07) is 8.30. The summed E-state index contributed by atoms with van der Waals surface area (Å²) in [5, 5.41) is 0. The fourth-order valence-electron chi connectivity index (χ4n) is 2.90. The molecule has 156 valence electrons. The Morgan fingerprint density at radius 1 is 1.03 bits per heavy atom. The number of hydrogen-bond donors (Lipinski definition) is 0. The molecule has 0 spiro atoms. The maximum absolute atomic E-state index is 12.3. The predicted octanol–water partition coefficient (Wildman–Crippen LogP) is 1.17. The molecule has 0 atom stereocenters. The SMILES string of the molecule is COC(=O)c1ccc(/C=C/C(=O)OCC(=O)N2CCN(c3ncccn3)CC2)cc1. The van der Waals surface area contributed by atoms with Crippen molar-refractivity contribution in [3.63, 3.8) is 0 Å². The third kappa shape index (κ3) is 5.63. The van der Waals surface area contributed by atoms with E-state index in [1.165, 1.54) is 13.2 Å². The summed E-state index contributed by atoms with van der Waals surface area (Å²) in [5.74, 6) is -0.647. The first-order valence-electron chi connectivity index (χ1n) is 9.40. The number of carbonyl (C=O) groups excluding carboxylic acids is 3. The number of methoxy groups -OCH3 is 1. The second-order valence-electron chi connectivity index (χ2n) is 6.47. The monoisotopic (exact) mass is 410 g/mol. The normalized spacial score (nSPS) is 13.9. The van der Waals surface area contributed by atoms with Gasteiger partial charge in [0, 0.05) is 44.6 Å². The number of rotatable bonds is 6. The van der Waals surface area contributed by atoms with Crippen molar-refractivity contribution >= 4 is 29.9 Å². The number of amides is 1. The Hall–Kier alpha value is -3.75. The number of piperazine rings is 1. The third-order valence-electron chi connectivity index (χ3n) is 4.55. The van der Waals surface area contributed by atoms with Crippen molar-refractivity contribution in [1.29, 1.82) is 0 Å². The van der Waals surface area contributed by atoms with Crippen molar-refractivity contribution in [3.05, 3.63) is 59.9 Å². The maximum Gasteiger partial charge on any atom is 0.337 e. The molecule has 2 aromatic rings. The zero-order chi connectivity index (χ0) is 21.3. The molecule has 1 aromatic carbocycles. The molecule has 3 rings (SSSR count). The van der Waals surface area contributed by atoms with Crippen molar-refractivity contribution in [1.82, 2.24) is 14.9 Å². The number of hydrogen-bond acceptors (Lipinski definition) is 8. The van der Waals surface area contributed by atoms with Crippen LogP contribution in [0.25, 0.3) is 6.08 Å². The molecule has 0 N–H and O–H groups in total. The van der Waals surface area contributed by atoms with Gasteiger partial charge in [0.05, 0.1) is 12.7 Å². The third-order valence-corrected chi connectivity index (χ3v) is 4.55. The Balaban J connectivity index is 1.42. The molecule has 30 heavy (non-hydrogen) atoms. The number of ether oxygens (including phenoxy) is 2. The highest BCUT2D eigenvalue weighted by atomic mass is 16.5. The lowest BCUT2D eigenvalue weighted by Crippen LogP contribution is -2.50. The van der Waals surface area contributed by atoms with Crippen molar-refractivity contribution in [2.75, 3.05) is 44.8 Å². The first-order valence-corrected chi connectivity index (χ1v) is 9.40. The standard InChI is InChI=1S/C21H22N4O5/c1-29-20(28)17-6-3-16(4-7-17)5-8-19(27)30-15-18(26)24-11-13-25(14-12-24)21-22-9-2-10-23-21/h2-10H,11-15H2,1H3/b8-5+. The van der Waals surface area contributed by atoms with Crippen LogP contribution in [0.1, 0.15) is 15.9 Å². The predicted molar refractivity (Wildman–Crippen MR) is 109 cm³/mol. The molecule has 0 saturated carbocycles. The van der Waals surface area contributed by atoms with Crippen LogP contribution in [0, 0.1) is 0 Å². The van der Waals surface area contributed by atoms with E-state index in [1.54, 1.807) is 53.7 Å². The quantitative estimate of drug-likeness (QED) is 0.517. The number of aromatic nitrogens is 2. The van der Waals surface area contributed by atoms with Crippen molar-refractivity contribution in [3.8, 4) is 0 Å². The van der Waals surface area contributed by atoms with E-state index < -0.39 is 11.9 Å². The molecule has 1 aliphatic rings.